The Morgan fingerprint density at radius 3 is 2.82 bits per heavy atom. The van der Waals surface area contributed by atoms with Gasteiger partial charge < -0.3 is 18.9 Å². The SMILES string of the molecule is CO[C@H]1C[C@@H](OCc2cccc(C(F)(F)F)c2)[C@@H]2OC[C@H]1O2. The van der Waals surface area contributed by atoms with Gasteiger partial charge in [-0.2, -0.15) is 13.2 Å². The molecule has 1 aromatic carbocycles. The van der Waals surface area contributed by atoms with Crippen LogP contribution in [0.25, 0.3) is 0 Å². The number of fused-ring (bicyclic) bond motifs is 2. The van der Waals surface area contributed by atoms with Gasteiger partial charge in [-0.3, -0.25) is 0 Å². The molecule has 0 saturated carbocycles. The lowest BCUT2D eigenvalue weighted by Gasteiger charge is -2.32. The van der Waals surface area contributed by atoms with Crippen molar-refractivity contribution in [3.63, 3.8) is 0 Å². The molecule has 3 rings (SSSR count). The zero-order valence-corrected chi connectivity index (χ0v) is 12.0. The Morgan fingerprint density at radius 1 is 1.27 bits per heavy atom. The molecule has 0 spiro atoms. The molecule has 0 aliphatic carbocycles. The predicted octanol–water partition coefficient (Wildman–Crippen LogP) is 2.75. The van der Waals surface area contributed by atoms with E-state index in [2.05, 4.69) is 0 Å². The predicted molar refractivity (Wildman–Crippen MR) is 70.0 cm³/mol. The highest BCUT2D eigenvalue weighted by atomic mass is 19.4. The minimum absolute atomic E-state index is 0.0684. The van der Waals surface area contributed by atoms with E-state index < -0.39 is 18.0 Å². The van der Waals surface area contributed by atoms with Crippen LogP contribution < -0.4 is 0 Å². The van der Waals surface area contributed by atoms with Crippen LogP contribution in [0.3, 0.4) is 0 Å². The summed E-state index contributed by atoms with van der Waals surface area (Å²) in [5.74, 6) is 0. The van der Waals surface area contributed by atoms with E-state index in [1.807, 2.05) is 0 Å². The van der Waals surface area contributed by atoms with Gasteiger partial charge in [0.05, 0.1) is 24.9 Å². The average molecular weight is 318 g/mol. The van der Waals surface area contributed by atoms with E-state index in [9.17, 15) is 13.2 Å². The van der Waals surface area contributed by atoms with Crippen molar-refractivity contribution in [3.8, 4) is 0 Å². The first-order valence-corrected chi connectivity index (χ1v) is 7.05. The second kappa shape index (κ2) is 6.16. The van der Waals surface area contributed by atoms with Crippen LogP contribution in [0.4, 0.5) is 13.2 Å². The Kier molecular flexibility index (Phi) is 4.40. The standard InChI is InChI=1S/C15H17F3O4/c1-19-11-6-12(14-21-8-13(11)22-14)20-7-9-3-2-4-10(5-9)15(16,17)18/h2-5,11-14H,6-8H2,1H3/t11-,12+,13+,14+/m0/s1. The van der Waals surface area contributed by atoms with Crippen LogP contribution in [0.5, 0.6) is 0 Å². The van der Waals surface area contributed by atoms with Crippen LogP contribution >= 0.6 is 0 Å². The molecule has 0 N–H and O–H groups in total. The highest BCUT2D eigenvalue weighted by molar-refractivity contribution is 5.25. The monoisotopic (exact) mass is 318 g/mol. The number of rotatable bonds is 4. The van der Waals surface area contributed by atoms with E-state index in [0.717, 1.165) is 12.1 Å². The summed E-state index contributed by atoms with van der Waals surface area (Å²) in [6.45, 7) is 0.519. The van der Waals surface area contributed by atoms with Crippen LogP contribution in [0.2, 0.25) is 0 Å². The Bertz CT molecular complexity index is 520. The molecular weight excluding hydrogens is 301 g/mol. The summed E-state index contributed by atoms with van der Waals surface area (Å²) in [7, 11) is 1.59. The quantitative estimate of drug-likeness (QED) is 0.855. The lowest BCUT2D eigenvalue weighted by Crippen LogP contribution is -2.44. The summed E-state index contributed by atoms with van der Waals surface area (Å²) in [5.41, 5.74) is -0.218. The van der Waals surface area contributed by atoms with E-state index in [4.69, 9.17) is 18.9 Å². The van der Waals surface area contributed by atoms with E-state index in [1.165, 1.54) is 6.07 Å². The molecule has 2 saturated heterocycles. The van der Waals surface area contributed by atoms with Crippen molar-refractivity contribution in [1.82, 2.24) is 0 Å². The highest BCUT2D eigenvalue weighted by Crippen LogP contribution is 2.32. The molecule has 122 valence electrons. The lowest BCUT2D eigenvalue weighted by atomic mass is 10.0. The Morgan fingerprint density at radius 2 is 2.09 bits per heavy atom. The number of alkyl halides is 3. The molecule has 4 nitrogen and oxygen atoms in total. The normalized spacial score (nSPS) is 31.5. The molecule has 2 aliphatic heterocycles. The van der Waals surface area contributed by atoms with Crippen molar-refractivity contribution in [2.45, 2.75) is 43.8 Å². The third kappa shape index (κ3) is 3.27. The zero-order chi connectivity index (χ0) is 15.7. The topological polar surface area (TPSA) is 36.9 Å². The third-order valence-electron chi connectivity index (χ3n) is 3.94. The molecule has 2 aliphatic rings. The molecule has 0 aromatic heterocycles. The Labute approximate surface area is 126 Å². The Balaban J connectivity index is 1.63. The van der Waals surface area contributed by atoms with Gasteiger partial charge in [0.2, 0.25) is 0 Å². The molecule has 1 aromatic rings. The second-order valence-corrected chi connectivity index (χ2v) is 5.43. The van der Waals surface area contributed by atoms with Crippen LogP contribution in [-0.2, 0) is 31.7 Å². The highest BCUT2D eigenvalue weighted by Gasteiger charge is 2.44. The van der Waals surface area contributed by atoms with Crippen LogP contribution in [-0.4, -0.2) is 38.3 Å². The van der Waals surface area contributed by atoms with Gasteiger partial charge in [0, 0.05) is 13.5 Å². The van der Waals surface area contributed by atoms with Crippen molar-refractivity contribution in [2.75, 3.05) is 13.7 Å². The first-order chi connectivity index (χ1) is 10.5. The maximum absolute atomic E-state index is 12.7. The smallest absolute Gasteiger partial charge is 0.379 e. The number of hydrogen-bond acceptors (Lipinski definition) is 4. The van der Waals surface area contributed by atoms with E-state index in [1.54, 1.807) is 13.2 Å². The summed E-state index contributed by atoms with van der Waals surface area (Å²) in [6.07, 6.45) is -4.79. The molecule has 2 fully saturated rings. The summed E-state index contributed by atoms with van der Waals surface area (Å²) in [4.78, 5) is 0. The maximum atomic E-state index is 12.7. The molecular formula is C15H17F3O4. The fraction of sp³-hybridized carbons (Fsp3) is 0.600. The van der Waals surface area contributed by atoms with E-state index in [-0.39, 0.29) is 24.9 Å². The summed E-state index contributed by atoms with van der Waals surface area (Å²) < 4.78 is 60.2. The first-order valence-electron chi connectivity index (χ1n) is 7.05. The van der Waals surface area contributed by atoms with Crippen LogP contribution in [0.1, 0.15) is 17.5 Å². The van der Waals surface area contributed by atoms with Gasteiger partial charge in [0.1, 0.15) is 12.2 Å². The maximum Gasteiger partial charge on any atom is 0.416 e. The summed E-state index contributed by atoms with van der Waals surface area (Å²) in [5, 5.41) is 0. The molecule has 0 amide bonds. The molecule has 0 radical (unpaired) electrons. The average Bonchev–Trinajstić information content (AvgIpc) is 2.91. The van der Waals surface area contributed by atoms with Crippen LogP contribution in [0, 0.1) is 0 Å². The number of hydrogen-bond donors (Lipinski definition) is 0. The van der Waals surface area contributed by atoms with Crippen molar-refractivity contribution >= 4 is 0 Å². The van der Waals surface area contributed by atoms with Crippen molar-refractivity contribution in [3.05, 3.63) is 35.4 Å². The summed E-state index contributed by atoms with van der Waals surface area (Å²) in [6, 6.07) is 5.11. The van der Waals surface area contributed by atoms with Crippen molar-refractivity contribution in [1.29, 1.82) is 0 Å². The summed E-state index contributed by atoms with van der Waals surface area (Å²) >= 11 is 0. The third-order valence-corrected chi connectivity index (χ3v) is 3.94. The molecule has 22 heavy (non-hydrogen) atoms. The first kappa shape index (κ1) is 15.7. The van der Waals surface area contributed by atoms with Gasteiger partial charge >= 0.3 is 6.18 Å². The number of ether oxygens (including phenoxy) is 4. The molecule has 7 heteroatoms. The van der Waals surface area contributed by atoms with E-state index in [0.29, 0.717) is 18.6 Å². The molecule has 0 unspecified atom stereocenters. The number of methoxy groups -OCH3 is 1. The van der Waals surface area contributed by atoms with E-state index >= 15 is 0 Å². The largest absolute Gasteiger partial charge is 0.416 e. The lowest BCUT2D eigenvalue weighted by molar-refractivity contribution is -0.205. The van der Waals surface area contributed by atoms with Gasteiger partial charge in [-0.25, -0.2) is 0 Å². The zero-order valence-electron chi connectivity index (χ0n) is 12.0. The van der Waals surface area contributed by atoms with Gasteiger partial charge in [-0.1, -0.05) is 12.1 Å². The van der Waals surface area contributed by atoms with Gasteiger partial charge in [0.15, 0.2) is 6.29 Å². The van der Waals surface area contributed by atoms with Gasteiger partial charge in [0.25, 0.3) is 0 Å². The minimum atomic E-state index is -4.35. The van der Waals surface area contributed by atoms with Gasteiger partial charge in [-0.05, 0) is 17.7 Å². The van der Waals surface area contributed by atoms with Crippen LogP contribution in [0.15, 0.2) is 24.3 Å². The fourth-order valence-electron chi connectivity index (χ4n) is 2.76. The second-order valence-electron chi connectivity index (χ2n) is 5.43. The molecule has 4 atom stereocenters. The van der Waals surface area contributed by atoms with Crippen molar-refractivity contribution < 1.29 is 32.1 Å². The van der Waals surface area contributed by atoms with Gasteiger partial charge in [-0.15, -0.1) is 0 Å². The number of halogens is 3. The molecule has 2 heterocycles. The fourth-order valence-corrected chi connectivity index (χ4v) is 2.76. The minimum Gasteiger partial charge on any atom is -0.379 e. The molecule has 2 bridgehead atoms. The van der Waals surface area contributed by atoms with Crippen molar-refractivity contribution in [2.24, 2.45) is 0 Å². The number of benzene rings is 1. The Hall–Kier alpha value is -1.15.